The zero-order valence-corrected chi connectivity index (χ0v) is 10.8. The van der Waals surface area contributed by atoms with E-state index < -0.39 is 5.54 Å². The summed E-state index contributed by atoms with van der Waals surface area (Å²) in [4.78, 5) is 18.0. The minimum Gasteiger partial charge on any atom is -0.317 e. The Morgan fingerprint density at radius 3 is 2.79 bits per heavy atom. The van der Waals surface area contributed by atoms with Crippen LogP contribution in [0.2, 0.25) is 0 Å². The third-order valence-electron chi connectivity index (χ3n) is 4.00. The molecule has 0 bridgehead atoms. The first-order valence-corrected chi connectivity index (χ1v) is 6.48. The molecule has 3 rings (SSSR count). The molecular weight excluding hydrogens is 245 g/mol. The van der Waals surface area contributed by atoms with Gasteiger partial charge in [-0.3, -0.25) is 4.79 Å². The number of rotatable bonds is 1. The summed E-state index contributed by atoms with van der Waals surface area (Å²) in [6.07, 6.45) is 3.03. The van der Waals surface area contributed by atoms with Gasteiger partial charge in [-0.25, -0.2) is 9.38 Å². The van der Waals surface area contributed by atoms with Crippen molar-refractivity contribution >= 4 is 17.9 Å². The van der Waals surface area contributed by atoms with Crippen molar-refractivity contribution in [1.29, 1.82) is 0 Å². The highest BCUT2D eigenvalue weighted by Crippen LogP contribution is 2.35. The molecule has 2 aliphatic heterocycles. The maximum atomic E-state index is 13.4. The highest BCUT2D eigenvalue weighted by molar-refractivity contribution is 6.08. The van der Waals surface area contributed by atoms with Crippen LogP contribution in [0.1, 0.15) is 18.4 Å². The van der Waals surface area contributed by atoms with Gasteiger partial charge in [0.1, 0.15) is 11.4 Å². The van der Waals surface area contributed by atoms with E-state index in [1.54, 1.807) is 25.4 Å². The quantitative estimate of drug-likeness (QED) is 0.835. The maximum Gasteiger partial charge on any atom is 0.273 e. The van der Waals surface area contributed by atoms with Crippen LogP contribution in [0.15, 0.2) is 23.2 Å². The number of amides is 1. The first kappa shape index (κ1) is 12.3. The molecule has 19 heavy (non-hydrogen) atoms. The number of anilines is 1. The number of carbonyl (C=O) groups is 1. The summed E-state index contributed by atoms with van der Waals surface area (Å²) in [6, 6.07) is 4.91. The maximum absolute atomic E-state index is 13.4. The second-order valence-corrected chi connectivity index (χ2v) is 5.13. The van der Waals surface area contributed by atoms with Gasteiger partial charge in [0.2, 0.25) is 0 Å². The third-order valence-corrected chi connectivity index (χ3v) is 4.00. The predicted molar refractivity (Wildman–Crippen MR) is 71.9 cm³/mol. The Labute approximate surface area is 111 Å². The Hall–Kier alpha value is -1.75. The van der Waals surface area contributed by atoms with E-state index >= 15 is 0 Å². The fraction of sp³-hybridized carbons (Fsp3) is 0.429. The molecule has 0 radical (unpaired) electrons. The fourth-order valence-corrected chi connectivity index (χ4v) is 2.83. The number of carbonyl (C=O) groups excluding carboxylic acids is 1. The van der Waals surface area contributed by atoms with Gasteiger partial charge >= 0.3 is 0 Å². The van der Waals surface area contributed by atoms with E-state index in [9.17, 15) is 9.18 Å². The zero-order valence-electron chi connectivity index (χ0n) is 10.8. The van der Waals surface area contributed by atoms with E-state index in [4.69, 9.17) is 0 Å². The third kappa shape index (κ3) is 1.85. The Bertz CT molecular complexity index is 550. The number of aliphatic imine (C=N–C) groups is 1. The van der Waals surface area contributed by atoms with E-state index in [1.165, 1.54) is 6.07 Å². The highest BCUT2D eigenvalue weighted by atomic mass is 19.1. The monoisotopic (exact) mass is 261 g/mol. The van der Waals surface area contributed by atoms with Crippen LogP contribution in [0.4, 0.5) is 10.1 Å². The molecule has 1 aromatic carbocycles. The molecule has 1 spiro atoms. The molecule has 1 aromatic rings. The van der Waals surface area contributed by atoms with E-state index in [-0.39, 0.29) is 11.7 Å². The number of piperidine rings is 1. The Morgan fingerprint density at radius 2 is 2.11 bits per heavy atom. The molecule has 2 heterocycles. The normalized spacial score (nSPS) is 21.4. The van der Waals surface area contributed by atoms with Gasteiger partial charge in [0.05, 0.1) is 6.34 Å². The SMILES string of the molecule is Cc1cc(N2C=NC(=O)C23CCNCC3)ccc1F. The van der Waals surface area contributed by atoms with Crippen LogP contribution in [0.25, 0.3) is 0 Å². The van der Waals surface area contributed by atoms with Crippen LogP contribution in [0, 0.1) is 12.7 Å². The number of nitrogens with zero attached hydrogens (tertiary/aromatic N) is 2. The molecule has 5 heteroatoms. The lowest BCUT2D eigenvalue weighted by molar-refractivity contribution is -0.122. The van der Waals surface area contributed by atoms with Crippen LogP contribution in [0.5, 0.6) is 0 Å². The topological polar surface area (TPSA) is 44.7 Å². The lowest BCUT2D eigenvalue weighted by Gasteiger charge is -2.39. The van der Waals surface area contributed by atoms with Gasteiger partial charge in [-0.2, -0.15) is 0 Å². The fourth-order valence-electron chi connectivity index (χ4n) is 2.83. The molecule has 1 N–H and O–H groups in total. The van der Waals surface area contributed by atoms with Gasteiger partial charge in [-0.05, 0) is 56.6 Å². The molecule has 0 atom stereocenters. The van der Waals surface area contributed by atoms with Crippen molar-refractivity contribution < 1.29 is 9.18 Å². The van der Waals surface area contributed by atoms with Crippen molar-refractivity contribution in [2.45, 2.75) is 25.3 Å². The van der Waals surface area contributed by atoms with Gasteiger partial charge in [-0.1, -0.05) is 0 Å². The Morgan fingerprint density at radius 1 is 1.37 bits per heavy atom. The summed E-state index contributed by atoms with van der Waals surface area (Å²) in [6.45, 7) is 3.32. The zero-order chi connectivity index (χ0) is 13.5. The summed E-state index contributed by atoms with van der Waals surface area (Å²) >= 11 is 0. The van der Waals surface area contributed by atoms with Crippen LogP contribution < -0.4 is 10.2 Å². The molecule has 2 aliphatic rings. The number of hydrogen-bond donors (Lipinski definition) is 1. The van der Waals surface area contributed by atoms with Gasteiger partial charge in [-0.15, -0.1) is 0 Å². The Kier molecular flexibility index (Phi) is 2.86. The van der Waals surface area contributed by atoms with Gasteiger partial charge < -0.3 is 10.2 Å². The smallest absolute Gasteiger partial charge is 0.273 e. The van der Waals surface area contributed by atoms with Crippen molar-refractivity contribution in [2.24, 2.45) is 4.99 Å². The molecule has 0 aromatic heterocycles. The second-order valence-electron chi connectivity index (χ2n) is 5.13. The van der Waals surface area contributed by atoms with Crippen molar-refractivity contribution in [3.63, 3.8) is 0 Å². The minimum absolute atomic E-state index is 0.0871. The number of nitrogens with one attached hydrogen (secondary N) is 1. The summed E-state index contributed by atoms with van der Waals surface area (Å²) in [5.41, 5.74) is 0.833. The first-order valence-electron chi connectivity index (χ1n) is 6.48. The molecule has 0 saturated carbocycles. The minimum atomic E-state index is -0.574. The number of aryl methyl sites for hydroxylation is 1. The van der Waals surface area contributed by atoms with E-state index in [0.717, 1.165) is 31.6 Å². The standard InChI is InChI=1S/C14H16FN3O/c1-10-8-11(2-3-12(10)15)18-9-17-13(19)14(18)4-6-16-7-5-14/h2-3,8-9,16H,4-7H2,1H3. The summed E-state index contributed by atoms with van der Waals surface area (Å²) in [5, 5.41) is 3.25. The molecule has 1 fully saturated rings. The summed E-state index contributed by atoms with van der Waals surface area (Å²) in [5.74, 6) is -0.318. The van der Waals surface area contributed by atoms with Gasteiger partial charge in [0, 0.05) is 5.69 Å². The van der Waals surface area contributed by atoms with Crippen LogP contribution in [-0.2, 0) is 4.79 Å². The van der Waals surface area contributed by atoms with Crippen LogP contribution in [-0.4, -0.2) is 30.9 Å². The molecule has 0 aliphatic carbocycles. The summed E-state index contributed by atoms with van der Waals surface area (Å²) in [7, 11) is 0. The lowest BCUT2D eigenvalue weighted by atomic mass is 9.86. The number of hydrogen-bond acceptors (Lipinski definition) is 3. The van der Waals surface area contributed by atoms with Crippen molar-refractivity contribution in [2.75, 3.05) is 18.0 Å². The molecule has 4 nitrogen and oxygen atoms in total. The van der Waals surface area contributed by atoms with E-state index in [1.807, 2.05) is 4.90 Å². The molecule has 1 amide bonds. The molecule has 0 unspecified atom stereocenters. The first-order chi connectivity index (χ1) is 9.13. The van der Waals surface area contributed by atoms with Crippen LogP contribution in [0.3, 0.4) is 0 Å². The van der Waals surface area contributed by atoms with Crippen LogP contribution >= 0.6 is 0 Å². The second kappa shape index (κ2) is 4.42. The van der Waals surface area contributed by atoms with Gasteiger partial charge in [0.25, 0.3) is 5.91 Å². The average Bonchev–Trinajstić information content (AvgIpc) is 2.72. The van der Waals surface area contributed by atoms with Gasteiger partial charge in [0.15, 0.2) is 0 Å². The molecule has 1 saturated heterocycles. The van der Waals surface area contributed by atoms with Crippen molar-refractivity contribution in [1.82, 2.24) is 5.32 Å². The lowest BCUT2D eigenvalue weighted by Crippen LogP contribution is -2.55. The largest absolute Gasteiger partial charge is 0.317 e. The van der Waals surface area contributed by atoms with E-state index in [2.05, 4.69) is 10.3 Å². The molecule has 100 valence electrons. The number of halogens is 1. The van der Waals surface area contributed by atoms with E-state index in [0.29, 0.717) is 5.56 Å². The molecular formula is C14H16FN3O. The van der Waals surface area contributed by atoms with Crippen molar-refractivity contribution in [3.05, 3.63) is 29.6 Å². The highest BCUT2D eigenvalue weighted by Gasteiger charge is 2.47. The average molecular weight is 261 g/mol. The number of benzene rings is 1. The predicted octanol–water partition coefficient (Wildman–Crippen LogP) is 1.63. The van der Waals surface area contributed by atoms with Crippen molar-refractivity contribution in [3.8, 4) is 0 Å². The summed E-state index contributed by atoms with van der Waals surface area (Å²) < 4.78 is 13.4. The Balaban J connectivity index is 2.00.